The van der Waals surface area contributed by atoms with E-state index in [9.17, 15) is 24.6 Å². The van der Waals surface area contributed by atoms with Gasteiger partial charge >= 0.3 is 17.9 Å². The molecule has 0 amide bonds. The topological polar surface area (TPSA) is 119 Å². The molecule has 1 aliphatic heterocycles. The van der Waals surface area contributed by atoms with Crippen molar-refractivity contribution in [3.63, 3.8) is 0 Å². The average molecular weight is 947 g/mol. The molecule has 3 rings (SSSR count). The van der Waals surface area contributed by atoms with E-state index in [2.05, 4.69) is 13.5 Å². The Morgan fingerprint density at radius 1 is 1.16 bits per heavy atom. The Bertz CT molecular complexity index is 872. The molecule has 2 radical (unpaired) electrons. The third-order valence-corrected chi connectivity index (χ3v) is 8.82. The second kappa shape index (κ2) is 15.1. The summed E-state index contributed by atoms with van der Waals surface area (Å²) in [5, 5.41) is 21.1. The maximum atomic E-state index is 13.1. The van der Waals surface area contributed by atoms with E-state index in [1.54, 1.807) is 19.9 Å². The number of hydrogen-bond acceptors (Lipinski definition) is 8. The normalized spacial score (nSPS) is 31.8. The zero-order valence-corrected chi connectivity index (χ0v) is 32.0. The zero-order valence-electron chi connectivity index (χ0n) is 22.5. The van der Waals surface area contributed by atoms with Gasteiger partial charge in [0.05, 0.1) is 25.9 Å². The summed E-state index contributed by atoms with van der Waals surface area (Å²) >= 11 is 0. The van der Waals surface area contributed by atoms with Crippen molar-refractivity contribution in [2.45, 2.75) is 65.9 Å². The van der Waals surface area contributed by atoms with Gasteiger partial charge in [0.1, 0.15) is 6.61 Å². The fraction of sp³-hybridized carbons (Fsp3) is 0.741. The summed E-state index contributed by atoms with van der Waals surface area (Å²) < 4.78 is 15.7. The Hall–Kier alpha value is 0.693. The summed E-state index contributed by atoms with van der Waals surface area (Å²) in [6.07, 6.45) is 4.05. The number of carbonyl (C=O) groups excluding carboxylic acids is 3. The zero-order chi connectivity index (χ0) is 26.0. The van der Waals surface area contributed by atoms with Crippen LogP contribution in [0.15, 0.2) is 23.8 Å². The molecule has 3 unspecified atom stereocenters. The quantitative estimate of drug-likeness (QED) is 0.157. The molecule has 0 bridgehead atoms. The first-order chi connectivity index (χ1) is 16.5. The van der Waals surface area contributed by atoms with Crippen LogP contribution in [-0.2, 0) is 28.6 Å². The Balaban J connectivity index is 0.00000342. The van der Waals surface area contributed by atoms with Crippen LogP contribution in [0.4, 0.5) is 0 Å². The molecule has 2 N–H and O–H groups in total. The van der Waals surface area contributed by atoms with Crippen LogP contribution in [0.3, 0.4) is 0 Å². The summed E-state index contributed by atoms with van der Waals surface area (Å²) in [5.41, 5.74) is 0.259. The van der Waals surface area contributed by atoms with E-state index in [1.165, 1.54) is 0 Å². The van der Waals surface area contributed by atoms with Crippen molar-refractivity contribution >= 4 is 17.9 Å². The molecule has 0 spiro atoms. The van der Waals surface area contributed by atoms with Crippen LogP contribution in [0.1, 0.15) is 59.8 Å². The minimum absolute atomic E-state index is 0. The number of cyclic esters (lactones) is 1. The summed E-state index contributed by atoms with van der Waals surface area (Å²) in [6, 6.07) is 0. The molecule has 202 valence electrons. The third-order valence-electron chi connectivity index (χ3n) is 8.82. The molecule has 0 aromatic carbocycles. The molecule has 3 aliphatic rings. The van der Waals surface area contributed by atoms with E-state index < -0.39 is 41.3 Å². The molecule has 10 heteroatoms. The van der Waals surface area contributed by atoms with Crippen LogP contribution in [0.5, 0.6) is 0 Å². The molecule has 0 saturated heterocycles. The largest absolute Gasteiger partial charge is 0.465 e. The Morgan fingerprint density at radius 2 is 1.76 bits per heavy atom. The van der Waals surface area contributed by atoms with Crippen LogP contribution in [0.25, 0.3) is 0 Å². The Kier molecular flexibility index (Phi) is 14.5. The van der Waals surface area contributed by atoms with Gasteiger partial charge in [-0.25, -0.2) is 4.79 Å². The van der Waals surface area contributed by atoms with Gasteiger partial charge in [-0.2, -0.15) is 0 Å². The first-order valence-corrected chi connectivity index (χ1v) is 12.7. The predicted molar refractivity (Wildman–Crippen MR) is 128 cm³/mol. The van der Waals surface area contributed by atoms with E-state index in [4.69, 9.17) is 14.2 Å². The maximum Gasteiger partial charge on any atom is 0.334 e. The fourth-order valence-corrected chi connectivity index (χ4v) is 6.90. The Labute approximate surface area is 291 Å². The molecule has 2 saturated carbocycles. The standard InChI is InChI=1S/C27H40O8.2Ac/c1-6-33-24(31)22(25(32)34-7-2)18(17-11-13-35-23(17)30)14-19-16(3)8-9-20-26(19,4)12-10-21(29)27(20,5)15-28;;/h11,18-22,28-29H,3,6-10,12-15H2,1-2,4-5H3;;/t18?,19-,20?,21?,26+,27-;;/m0../s1. The second-order valence-corrected chi connectivity index (χ2v) is 10.6. The minimum atomic E-state index is -1.30. The van der Waals surface area contributed by atoms with Crippen molar-refractivity contribution in [1.29, 1.82) is 0 Å². The SMILES string of the molecule is C=C1CCC2[C@](C)(CO)C(O)CC[C@]2(C)[C@H]1CC(C1=CCOC1=O)C(C(=O)OCC)C(=O)OCC.[Ac].[Ac]. The number of hydrogen-bond donors (Lipinski definition) is 2. The number of carbonyl (C=O) groups is 3. The predicted octanol–water partition coefficient (Wildman–Crippen LogP) is 2.96. The van der Waals surface area contributed by atoms with Gasteiger partial charge in [0.2, 0.25) is 0 Å². The number of esters is 3. The molecule has 8 nitrogen and oxygen atoms in total. The van der Waals surface area contributed by atoms with E-state index in [1.807, 2.05) is 6.92 Å². The summed E-state index contributed by atoms with van der Waals surface area (Å²) in [4.78, 5) is 38.8. The van der Waals surface area contributed by atoms with Gasteiger partial charge in [0.25, 0.3) is 0 Å². The number of aliphatic hydroxyl groups excluding tert-OH is 2. The van der Waals surface area contributed by atoms with Crippen molar-refractivity contribution in [3.8, 4) is 0 Å². The maximum absolute atomic E-state index is 13.1. The third kappa shape index (κ3) is 7.13. The summed E-state index contributed by atoms with van der Waals surface area (Å²) in [5.74, 6) is -4.23. The molecule has 0 aromatic heterocycles. The minimum Gasteiger partial charge on any atom is -0.465 e. The smallest absolute Gasteiger partial charge is 0.334 e. The van der Waals surface area contributed by atoms with Crippen LogP contribution in [-0.4, -0.2) is 60.7 Å². The monoisotopic (exact) mass is 946 g/mol. The van der Waals surface area contributed by atoms with E-state index in [0.717, 1.165) is 12.0 Å². The van der Waals surface area contributed by atoms with Gasteiger partial charge < -0.3 is 24.4 Å². The van der Waals surface area contributed by atoms with Gasteiger partial charge in [-0.15, -0.1) is 0 Å². The number of rotatable bonds is 9. The summed E-state index contributed by atoms with van der Waals surface area (Å²) in [7, 11) is 0. The molecule has 1 heterocycles. The molecular weight excluding hydrogens is 906 g/mol. The van der Waals surface area contributed by atoms with Crippen LogP contribution in [0, 0.1) is 123 Å². The Morgan fingerprint density at radius 3 is 2.24 bits per heavy atom. The van der Waals surface area contributed by atoms with Gasteiger partial charge in [-0.05, 0) is 69.3 Å². The number of fused-ring (bicyclic) bond motifs is 1. The molecule has 0 aromatic rings. The average Bonchev–Trinajstić information content (AvgIpc) is 3.24. The number of allylic oxidation sites excluding steroid dienone is 1. The molecule has 2 fully saturated rings. The van der Waals surface area contributed by atoms with E-state index >= 15 is 0 Å². The van der Waals surface area contributed by atoms with Gasteiger partial charge in [0.15, 0.2) is 5.92 Å². The van der Waals surface area contributed by atoms with Gasteiger partial charge in [-0.1, -0.05) is 26.0 Å². The first kappa shape index (κ1) is 35.7. The molecule has 2 aliphatic carbocycles. The summed E-state index contributed by atoms with van der Waals surface area (Å²) in [6.45, 7) is 11.9. The second-order valence-electron chi connectivity index (χ2n) is 10.6. The van der Waals surface area contributed by atoms with Gasteiger partial charge in [0, 0.05) is 105 Å². The van der Waals surface area contributed by atoms with E-state index in [0.29, 0.717) is 25.7 Å². The van der Waals surface area contributed by atoms with Gasteiger partial charge in [-0.3, -0.25) is 9.59 Å². The fourth-order valence-electron chi connectivity index (χ4n) is 6.90. The first-order valence-electron chi connectivity index (χ1n) is 12.7. The molecule has 37 heavy (non-hydrogen) atoms. The number of ether oxygens (including phenoxy) is 3. The molecular formula is C27H40Ac2O8. The van der Waals surface area contributed by atoms with Crippen molar-refractivity contribution < 1.29 is 127 Å². The van der Waals surface area contributed by atoms with Crippen molar-refractivity contribution in [2.24, 2.45) is 34.5 Å². The van der Waals surface area contributed by atoms with Crippen molar-refractivity contribution in [2.75, 3.05) is 26.4 Å². The van der Waals surface area contributed by atoms with E-state index in [-0.39, 0.29) is 137 Å². The number of aliphatic hydroxyl groups is 2. The van der Waals surface area contributed by atoms with Crippen LogP contribution in [0.2, 0.25) is 0 Å². The van der Waals surface area contributed by atoms with Crippen LogP contribution < -0.4 is 0 Å². The van der Waals surface area contributed by atoms with Crippen molar-refractivity contribution in [1.82, 2.24) is 0 Å². The molecule has 6 atom stereocenters. The van der Waals surface area contributed by atoms with Crippen molar-refractivity contribution in [3.05, 3.63) is 23.8 Å². The van der Waals surface area contributed by atoms with Crippen LogP contribution >= 0.6 is 0 Å².